The van der Waals surface area contributed by atoms with Crippen molar-refractivity contribution in [1.82, 2.24) is 0 Å². The summed E-state index contributed by atoms with van der Waals surface area (Å²) in [6, 6.07) is -10.3. The van der Waals surface area contributed by atoms with Crippen LogP contribution in [0.2, 0.25) is 0 Å². The summed E-state index contributed by atoms with van der Waals surface area (Å²) in [7, 11) is 0. The zero-order valence-electron chi connectivity index (χ0n) is 54.0. The minimum Gasteiger partial charge on any atom is -0.310 e. The fourth-order valence-electron chi connectivity index (χ4n) is 6.24. The van der Waals surface area contributed by atoms with Crippen molar-refractivity contribution in [2.24, 2.45) is 0 Å². The van der Waals surface area contributed by atoms with E-state index in [9.17, 15) is 17.8 Å². The number of rotatable bonds is 4. The number of para-hydroxylation sites is 1. The second-order valence-corrected chi connectivity index (χ2v) is 11.0. The van der Waals surface area contributed by atoms with Gasteiger partial charge in [-0.3, -0.25) is 0 Å². The van der Waals surface area contributed by atoms with Crippen LogP contribution in [0.3, 0.4) is 0 Å². The van der Waals surface area contributed by atoms with E-state index in [0.717, 1.165) is 47.4 Å². The Balaban J connectivity index is 1.61. The van der Waals surface area contributed by atoms with Crippen molar-refractivity contribution >= 4 is 27.8 Å². The maximum Gasteiger partial charge on any atom is 0.0648 e. The van der Waals surface area contributed by atoms with Crippen molar-refractivity contribution in [3.63, 3.8) is 0 Å². The first-order chi connectivity index (χ1) is 35.3. The Kier molecular flexibility index (Phi) is 2.31. The zero-order chi connectivity index (χ0) is 57.6. The second-order valence-electron chi connectivity index (χ2n) is 11.0. The molecule has 47 heavy (non-hydrogen) atoms. The van der Waals surface area contributed by atoms with Crippen molar-refractivity contribution in [1.29, 1.82) is 0 Å². The predicted molar refractivity (Wildman–Crippen MR) is 199 cm³/mol. The molecule has 1 nitrogen and oxygen atoms in total. The molecule has 2 aliphatic rings. The number of hydrogen-bond donors (Lipinski definition) is 0. The molecule has 0 aliphatic heterocycles. The van der Waals surface area contributed by atoms with Crippen LogP contribution in [-0.4, -0.2) is 0 Å². The molecule has 0 heterocycles. The van der Waals surface area contributed by atoms with Gasteiger partial charge in [0, 0.05) is 44.2 Å². The van der Waals surface area contributed by atoms with E-state index < -0.39 is 230 Å². The minimum absolute atomic E-state index is 0.454. The van der Waals surface area contributed by atoms with Crippen LogP contribution in [0.25, 0.3) is 44.2 Å². The molecule has 0 atom stereocenters. The first-order valence-electron chi connectivity index (χ1n) is 29.2. The van der Waals surface area contributed by atoms with Gasteiger partial charge >= 0.3 is 0 Å². The molecule has 0 fully saturated rings. The molecular formula is C46H37N. The van der Waals surface area contributed by atoms with Crippen LogP contribution in [0.5, 0.6) is 0 Å². The Morgan fingerprint density at radius 3 is 2.19 bits per heavy atom. The largest absolute Gasteiger partial charge is 0.310 e. The number of benzene rings is 7. The van der Waals surface area contributed by atoms with Gasteiger partial charge in [0.15, 0.2) is 0 Å². The Morgan fingerprint density at radius 2 is 1.34 bits per heavy atom. The quantitative estimate of drug-likeness (QED) is 0.186. The molecule has 9 rings (SSSR count). The average molecular weight is 634 g/mol. The molecule has 1 heteroatoms. The maximum absolute atomic E-state index is 10.1. The highest BCUT2D eigenvalue weighted by molar-refractivity contribution is 6.10. The summed E-state index contributed by atoms with van der Waals surface area (Å²) in [5, 5.41) is -1.34. The Morgan fingerprint density at radius 1 is 0.511 bits per heavy atom. The highest BCUT2D eigenvalue weighted by Crippen LogP contribution is 2.55. The van der Waals surface area contributed by atoms with Crippen LogP contribution >= 0.6 is 0 Å². The molecule has 0 spiro atoms. The van der Waals surface area contributed by atoms with E-state index in [-0.39, 0.29) is 0 Å². The smallest absolute Gasteiger partial charge is 0.0648 e. The van der Waals surface area contributed by atoms with Gasteiger partial charge in [-0.05, 0) is 97.1 Å². The zero-order valence-corrected chi connectivity index (χ0v) is 24.0. The number of anilines is 3. The maximum atomic E-state index is 10.1. The lowest BCUT2D eigenvalue weighted by molar-refractivity contribution is 0.645. The highest BCUT2D eigenvalue weighted by atomic mass is 15.1. The average Bonchev–Trinajstić information content (AvgIpc) is 3.92. The van der Waals surface area contributed by atoms with Crippen LogP contribution in [0.4, 0.5) is 17.1 Å². The first kappa shape index (κ1) is 10.8. The van der Waals surface area contributed by atoms with E-state index in [2.05, 4.69) is 0 Å². The van der Waals surface area contributed by atoms with Gasteiger partial charge in [-0.25, -0.2) is 0 Å². The van der Waals surface area contributed by atoms with Crippen molar-refractivity contribution in [3.8, 4) is 33.4 Å². The van der Waals surface area contributed by atoms with Crippen LogP contribution in [0.15, 0.2) is 151 Å². The Labute approximate surface area is 319 Å². The van der Waals surface area contributed by atoms with E-state index in [0.29, 0.717) is 0 Å². The summed E-state index contributed by atoms with van der Waals surface area (Å²) >= 11 is 0. The third-order valence-corrected chi connectivity index (χ3v) is 8.36. The molecule has 0 unspecified atom stereocenters. The van der Waals surface area contributed by atoms with Gasteiger partial charge in [0.05, 0.1) is 30.4 Å². The van der Waals surface area contributed by atoms with Crippen LogP contribution in [0, 0.1) is 0 Å². The fourth-order valence-corrected chi connectivity index (χ4v) is 6.24. The second kappa shape index (κ2) is 10.0. The fraction of sp³-hybridized carbons (Fsp3) is 0.130. The molecule has 0 N–H and O–H groups in total. The summed E-state index contributed by atoms with van der Waals surface area (Å²) < 4.78 is 273. The highest BCUT2D eigenvalue weighted by Gasteiger charge is 2.38. The van der Waals surface area contributed by atoms with E-state index >= 15 is 0 Å². The van der Waals surface area contributed by atoms with Gasteiger partial charge < -0.3 is 4.90 Å². The van der Waals surface area contributed by atoms with Gasteiger partial charge in [0.2, 0.25) is 0 Å². The Hall–Kier alpha value is -5.40. The first-order valence-corrected chi connectivity index (χ1v) is 14.2. The summed E-state index contributed by atoms with van der Waals surface area (Å²) in [6.45, 7) is -15.5. The van der Waals surface area contributed by atoms with E-state index in [1.807, 2.05) is 0 Å². The molecular weight excluding hydrogens is 567 g/mol. The van der Waals surface area contributed by atoms with E-state index in [1.165, 1.54) is 0 Å². The van der Waals surface area contributed by atoms with Crippen molar-refractivity contribution in [3.05, 3.63) is 173 Å². The van der Waals surface area contributed by atoms with Crippen LogP contribution in [-0.2, 0) is 10.8 Å². The van der Waals surface area contributed by atoms with Gasteiger partial charge in [0.25, 0.3) is 0 Å². The predicted octanol–water partition coefficient (Wildman–Crippen LogP) is 12.6. The molecule has 0 saturated carbocycles. The molecule has 0 bridgehead atoms. The van der Waals surface area contributed by atoms with Gasteiger partial charge in [-0.1, -0.05) is 142 Å². The van der Waals surface area contributed by atoms with E-state index in [4.69, 9.17) is 23.3 Å². The van der Waals surface area contributed by atoms with Gasteiger partial charge in [-0.15, -0.1) is 0 Å². The van der Waals surface area contributed by atoms with Gasteiger partial charge in [0.1, 0.15) is 0 Å². The topological polar surface area (TPSA) is 3.24 Å². The third-order valence-electron chi connectivity index (χ3n) is 8.36. The van der Waals surface area contributed by atoms with Crippen LogP contribution < -0.4 is 4.90 Å². The molecule has 0 saturated heterocycles. The molecule has 7 aromatic carbocycles. The number of fused-ring (bicyclic) bond motifs is 5. The number of nitrogens with zero attached hydrogens (tertiary/aromatic N) is 1. The lowest BCUT2D eigenvalue weighted by Gasteiger charge is -2.38. The summed E-state index contributed by atoms with van der Waals surface area (Å²) in [4.78, 5) is 0.738. The summed E-state index contributed by atoms with van der Waals surface area (Å²) in [5.41, 5.74) is -17.8. The summed E-state index contributed by atoms with van der Waals surface area (Å²) in [6.07, 6.45) is 0. The Bertz CT molecular complexity index is 3750. The lowest BCUT2D eigenvalue weighted by Crippen LogP contribution is -2.25. The summed E-state index contributed by atoms with van der Waals surface area (Å²) in [5.74, 6) is 0. The van der Waals surface area contributed by atoms with Crippen molar-refractivity contribution < 1.29 is 41.1 Å². The monoisotopic (exact) mass is 633 g/mol. The van der Waals surface area contributed by atoms with E-state index in [1.54, 1.807) is 0 Å². The SMILES string of the molecule is [2H]c1cc([2H])c2c(c1)C(C([2H])([2H])[2H])(C([2H])([2H])[2H])c1c([2H])c(N(c3ccc([2H])c([2H])c3)c3c([2H])cc4c([2H])c([2H])c([2H])c5c4c3-c3c([2H])cc(-c4c([2H])c([2H])c([2H])c([2H])c4[2H])c([2H])c3C5(C([2H])([2H])[2H])C([2H])([2H])[2H])c([2H])c([2H])c1-2. The van der Waals surface area contributed by atoms with Crippen LogP contribution in [0.1, 0.15) is 90.8 Å². The molecule has 2 aliphatic carbocycles. The lowest BCUT2D eigenvalue weighted by atomic mass is 9.67. The van der Waals surface area contributed by atoms with Crippen molar-refractivity contribution in [2.45, 2.75) is 38.2 Å². The normalized spacial score (nSPS) is 24.9. The minimum atomic E-state index is -3.99. The molecule has 0 amide bonds. The molecule has 226 valence electrons. The standard InChI is InChI=1S/C46H37N/c1-45(2)38-20-12-11-19-35(38)36-26-24-34(29-41(36)45)47(33-17-9-6-10-18-33)42-27-23-31-16-13-21-39-43(31)44(42)37-25-22-32(28-40(37)46(39,3)4)30-14-7-5-8-15-30/h5-29H,1-4H3/i1D3,2D3,3D3,4D3,5D,6D,7D,8D,9D,12D,13D,14D,15D,16D,19D,21D,24D,25D,26D,27D,28D,29D. The molecule has 0 aromatic heterocycles. The van der Waals surface area contributed by atoms with Gasteiger partial charge in [-0.2, -0.15) is 0 Å². The number of hydrogen-bond acceptors (Lipinski definition) is 1. The van der Waals surface area contributed by atoms with Crippen molar-refractivity contribution in [2.75, 3.05) is 4.90 Å². The molecule has 0 radical (unpaired) electrons. The molecule has 7 aromatic rings. The third kappa shape index (κ3) is 4.02.